The molecule has 0 saturated carbocycles. The van der Waals surface area contributed by atoms with Gasteiger partial charge in [-0.1, -0.05) is 18.1 Å². The van der Waals surface area contributed by atoms with E-state index in [-0.39, 0.29) is 19.0 Å². The normalized spacial score (nSPS) is 21.8. The molecule has 0 aliphatic carbocycles. The summed E-state index contributed by atoms with van der Waals surface area (Å²) in [7, 11) is 1.87. The van der Waals surface area contributed by atoms with Gasteiger partial charge in [0.1, 0.15) is 46.1 Å². The van der Waals surface area contributed by atoms with Gasteiger partial charge in [-0.15, -0.1) is 0 Å². The number of carboxylic acid groups (broad SMARTS) is 1. The number of furan rings is 1. The van der Waals surface area contributed by atoms with Crippen molar-refractivity contribution in [3.8, 4) is 17.7 Å². The smallest absolute Gasteiger partial charge is 0.326 e. The Bertz CT molecular complexity index is 2130. The van der Waals surface area contributed by atoms with Crippen LogP contribution in [0.25, 0.3) is 22.1 Å². The first kappa shape index (κ1) is 30.2. The van der Waals surface area contributed by atoms with Gasteiger partial charge in [0.2, 0.25) is 5.88 Å². The van der Waals surface area contributed by atoms with Crippen molar-refractivity contribution in [2.75, 3.05) is 42.7 Å². The fraction of sp³-hybridized carbons (Fsp3) is 0.400. The summed E-state index contributed by atoms with van der Waals surface area (Å²) in [6.45, 7) is 8.32. The van der Waals surface area contributed by atoms with Gasteiger partial charge in [0, 0.05) is 48.9 Å². The average molecular weight is 650 g/mol. The van der Waals surface area contributed by atoms with E-state index in [2.05, 4.69) is 38.7 Å². The van der Waals surface area contributed by atoms with E-state index in [1.54, 1.807) is 22.7 Å². The molecule has 3 fully saturated rings. The number of para-hydroxylation sites is 1. The Morgan fingerprint density at radius 2 is 1.98 bits per heavy atom. The molecule has 3 aliphatic rings. The molecule has 5 aromatic rings. The Balaban J connectivity index is 1.15. The molecule has 8 rings (SSSR count). The van der Waals surface area contributed by atoms with E-state index in [1.165, 1.54) is 0 Å². The molecule has 1 N–H and O–H groups in total. The van der Waals surface area contributed by atoms with E-state index < -0.39 is 23.7 Å². The maximum absolute atomic E-state index is 12.7. The number of fused-ring (bicyclic) bond motifs is 3. The number of aromatic nitrogens is 5. The van der Waals surface area contributed by atoms with Crippen LogP contribution in [0.1, 0.15) is 36.0 Å². The lowest BCUT2D eigenvalue weighted by atomic mass is 9.90. The summed E-state index contributed by atoms with van der Waals surface area (Å²) in [6.07, 6.45) is 3.33. The van der Waals surface area contributed by atoms with Gasteiger partial charge in [0.25, 0.3) is 0 Å². The van der Waals surface area contributed by atoms with Crippen molar-refractivity contribution in [1.82, 2.24) is 24.7 Å². The third-order valence-electron chi connectivity index (χ3n) is 9.53. The lowest BCUT2D eigenvalue weighted by molar-refractivity contribution is -0.228. The molecule has 7 heterocycles. The van der Waals surface area contributed by atoms with Gasteiger partial charge < -0.3 is 33.5 Å². The molecule has 0 radical (unpaired) electrons. The van der Waals surface area contributed by atoms with Crippen LogP contribution in [-0.2, 0) is 21.3 Å². The number of pyridine rings is 1. The number of aliphatic carboxylic acids is 1. The second kappa shape index (κ2) is 11.5. The van der Waals surface area contributed by atoms with Crippen LogP contribution >= 0.6 is 0 Å². The number of nitrogens with zero attached hydrogens (tertiary/aromatic N) is 7. The zero-order valence-corrected chi connectivity index (χ0v) is 27.1. The van der Waals surface area contributed by atoms with Gasteiger partial charge in [-0.3, -0.25) is 4.68 Å². The molecule has 48 heavy (non-hydrogen) atoms. The van der Waals surface area contributed by atoms with Gasteiger partial charge >= 0.3 is 5.97 Å². The molecule has 3 saturated heterocycles. The van der Waals surface area contributed by atoms with Crippen LogP contribution in [0.3, 0.4) is 0 Å². The summed E-state index contributed by atoms with van der Waals surface area (Å²) in [6, 6.07) is 8.68. The maximum atomic E-state index is 12.7. The van der Waals surface area contributed by atoms with Gasteiger partial charge in [-0.2, -0.15) is 5.10 Å². The Kier molecular flexibility index (Phi) is 7.23. The summed E-state index contributed by atoms with van der Waals surface area (Å²) in [5.41, 5.74) is 4.52. The highest BCUT2D eigenvalue weighted by molar-refractivity contribution is 6.06. The van der Waals surface area contributed by atoms with Gasteiger partial charge in [0.15, 0.2) is 11.4 Å². The molecular formula is C35H35N7O6. The molecule has 13 nitrogen and oxygen atoms in total. The first-order valence-electron chi connectivity index (χ1n) is 16.0. The lowest BCUT2D eigenvalue weighted by Crippen LogP contribution is -2.68. The predicted molar refractivity (Wildman–Crippen MR) is 176 cm³/mol. The zero-order valence-electron chi connectivity index (χ0n) is 27.1. The number of aryl methyl sites for hydroxylation is 3. The second-order valence-corrected chi connectivity index (χ2v) is 12.8. The number of anilines is 2. The highest BCUT2D eigenvalue weighted by atomic mass is 16.6. The molecule has 0 bridgehead atoms. The zero-order chi connectivity index (χ0) is 33.2. The fourth-order valence-corrected chi connectivity index (χ4v) is 6.96. The lowest BCUT2D eigenvalue weighted by Gasteiger charge is -2.53. The van der Waals surface area contributed by atoms with Crippen molar-refractivity contribution in [3.63, 3.8) is 0 Å². The number of hydrogen-bond donors (Lipinski definition) is 1. The topological polar surface area (TPSA) is 141 Å². The first-order valence-corrected chi connectivity index (χ1v) is 16.0. The van der Waals surface area contributed by atoms with Gasteiger partial charge in [-0.25, -0.2) is 19.7 Å². The summed E-state index contributed by atoms with van der Waals surface area (Å²) < 4.78 is 26.3. The van der Waals surface area contributed by atoms with Crippen LogP contribution in [0.4, 0.5) is 11.5 Å². The first-order chi connectivity index (χ1) is 23.2. The third-order valence-corrected chi connectivity index (χ3v) is 9.53. The van der Waals surface area contributed by atoms with Crippen LogP contribution in [0.2, 0.25) is 0 Å². The molecule has 1 aromatic carbocycles. The third kappa shape index (κ3) is 5.08. The minimum atomic E-state index is -0.973. The predicted octanol–water partition coefficient (Wildman–Crippen LogP) is 3.63. The van der Waals surface area contributed by atoms with Crippen molar-refractivity contribution >= 4 is 39.5 Å². The summed E-state index contributed by atoms with van der Waals surface area (Å²) >= 11 is 0. The van der Waals surface area contributed by atoms with Crippen LogP contribution < -0.4 is 14.5 Å². The Hall–Kier alpha value is -5.19. The molecular weight excluding hydrogens is 614 g/mol. The van der Waals surface area contributed by atoms with Crippen molar-refractivity contribution in [2.45, 2.75) is 51.0 Å². The largest absolute Gasteiger partial charge is 0.480 e. The van der Waals surface area contributed by atoms with Crippen molar-refractivity contribution < 1.29 is 28.5 Å². The van der Waals surface area contributed by atoms with E-state index in [0.717, 1.165) is 16.6 Å². The van der Waals surface area contributed by atoms with Gasteiger partial charge in [-0.05, 0) is 44.9 Å². The van der Waals surface area contributed by atoms with Crippen molar-refractivity contribution in [1.29, 1.82) is 0 Å². The molecule has 13 heteroatoms. The quantitative estimate of drug-likeness (QED) is 0.278. The summed E-state index contributed by atoms with van der Waals surface area (Å²) in [4.78, 5) is 30.7. The average Bonchev–Trinajstić information content (AvgIpc) is 3.74. The maximum Gasteiger partial charge on any atom is 0.326 e. The van der Waals surface area contributed by atoms with Crippen LogP contribution in [-0.4, -0.2) is 92.5 Å². The minimum absolute atomic E-state index is 0.0254. The molecule has 0 unspecified atom stereocenters. The highest BCUT2D eigenvalue weighted by Gasteiger charge is 2.50. The standard InChI is InChI=1S/C35H35N7O6/c1-20-16-40(4)39-26(20)10-9-23-13-27(41-11-12-46-35(21(41)2)18-45-19-35)33(36-15-23)47-24-14-28(34(43)44)42(17-24)32-31-30(37-22(3)38-32)25-7-5-6-8-29(25)48-31/h5-8,13,15-16,21,24,28H,11-12,14,17-19H2,1-4H3,(H,43,44)/t21-,24-,28-/m0/s1. The number of benzene rings is 1. The van der Waals surface area contributed by atoms with Gasteiger partial charge in [0.05, 0.1) is 32.4 Å². The number of hydrogen-bond acceptors (Lipinski definition) is 11. The fourth-order valence-electron chi connectivity index (χ4n) is 6.96. The van der Waals surface area contributed by atoms with Crippen LogP contribution in [0.15, 0.2) is 47.1 Å². The number of carboxylic acids is 1. The monoisotopic (exact) mass is 649 g/mol. The van der Waals surface area contributed by atoms with E-state index in [4.69, 9.17) is 23.6 Å². The number of carbonyl (C=O) groups is 1. The summed E-state index contributed by atoms with van der Waals surface area (Å²) in [5, 5.41) is 15.7. The molecule has 246 valence electrons. The molecule has 4 aromatic heterocycles. The Labute approximate surface area is 276 Å². The minimum Gasteiger partial charge on any atom is -0.480 e. The number of rotatable bonds is 5. The summed E-state index contributed by atoms with van der Waals surface area (Å²) in [5.74, 6) is 6.79. The van der Waals surface area contributed by atoms with E-state index in [9.17, 15) is 9.90 Å². The highest BCUT2D eigenvalue weighted by Crippen LogP contribution is 2.40. The van der Waals surface area contributed by atoms with Crippen LogP contribution in [0.5, 0.6) is 5.88 Å². The van der Waals surface area contributed by atoms with E-state index in [0.29, 0.717) is 71.8 Å². The van der Waals surface area contributed by atoms with Crippen molar-refractivity contribution in [3.05, 3.63) is 65.4 Å². The van der Waals surface area contributed by atoms with E-state index >= 15 is 0 Å². The van der Waals surface area contributed by atoms with Crippen molar-refractivity contribution in [2.24, 2.45) is 7.05 Å². The molecule has 3 atom stereocenters. The van der Waals surface area contributed by atoms with E-state index in [1.807, 2.05) is 50.5 Å². The molecule has 0 amide bonds. The molecule has 1 spiro atoms. The SMILES string of the molecule is Cc1nc(N2C[C@@H](Oc3ncc(C#Cc4nn(C)cc4C)cc3N3CCOC4(COC4)[C@@H]3C)C[C@H]2C(=O)O)c2oc3ccccc3c2n1. The van der Waals surface area contributed by atoms with Crippen LogP contribution in [0, 0.1) is 25.7 Å². The Morgan fingerprint density at radius 1 is 1.15 bits per heavy atom. The second-order valence-electron chi connectivity index (χ2n) is 12.8. The number of morpholine rings is 1. The number of ether oxygens (including phenoxy) is 3. The Morgan fingerprint density at radius 3 is 2.73 bits per heavy atom. The molecule has 3 aliphatic heterocycles.